The van der Waals surface area contributed by atoms with Crippen molar-refractivity contribution in [2.24, 2.45) is 0 Å². The quantitative estimate of drug-likeness (QED) is 0.690. The van der Waals surface area contributed by atoms with E-state index in [4.69, 9.17) is 14.2 Å². The topological polar surface area (TPSA) is 68.8 Å². The maximum absolute atomic E-state index is 11.9. The van der Waals surface area contributed by atoms with Crippen molar-refractivity contribution in [3.05, 3.63) is 23.8 Å². The van der Waals surface area contributed by atoms with Crippen LogP contribution >= 0.6 is 12.4 Å². The summed E-state index contributed by atoms with van der Waals surface area (Å²) in [6, 6.07) is 5.72. The molecule has 7 heteroatoms. The summed E-state index contributed by atoms with van der Waals surface area (Å²) >= 11 is 0. The Balaban J connectivity index is 0.00000288. The van der Waals surface area contributed by atoms with Gasteiger partial charge in [0.15, 0.2) is 11.5 Å². The van der Waals surface area contributed by atoms with Crippen LogP contribution in [0.2, 0.25) is 0 Å². The number of amides is 1. The van der Waals surface area contributed by atoms with Gasteiger partial charge in [0.05, 0.1) is 26.9 Å². The highest BCUT2D eigenvalue weighted by molar-refractivity contribution is 5.85. The zero-order chi connectivity index (χ0) is 16.5. The van der Waals surface area contributed by atoms with Crippen LogP contribution in [0.4, 0.5) is 0 Å². The van der Waals surface area contributed by atoms with Crippen molar-refractivity contribution in [3.8, 4) is 11.5 Å². The second-order valence-electron chi connectivity index (χ2n) is 5.39. The predicted octanol–water partition coefficient (Wildman–Crippen LogP) is 1.55. The van der Waals surface area contributed by atoms with Crippen LogP contribution in [0, 0.1) is 0 Å². The summed E-state index contributed by atoms with van der Waals surface area (Å²) in [5.41, 5.74) is 1.17. The van der Waals surface area contributed by atoms with E-state index >= 15 is 0 Å². The molecule has 24 heavy (non-hydrogen) atoms. The van der Waals surface area contributed by atoms with Crippen LogP contribution in [0.15, 0.2) is 18.2 Å². The van der Waals surface area contributed by atoms with E-state index in [-0.39, 0.29) is 24.4 Å². The van der Waals surface area contributed by atoms with Gasteiger partial charge in [-0.3, -0.25) is 4.79 Å². The monoisotopic (exact) mass is 358 g/mol. The Morgan fingerprint density at radius 3 is 2.92 bits per heavy atom. The summed E-state index contributed by atoms with van der Waals surface area (Å²) in [4.78, 5) is 11.9. The van der Waals surface area contributed by atoms with E-state index in [0.717, 1.165) is 30.9 Å². The van der Waals surface area contributed by atoms with Gasteiger partial charge in [-0.15, -0.1) is 12.4 Å². The zero-order valence-corrected chi connectivity index (χ0v) is 15.1. The van der Waals surface area contributed by atoms with Gasteiger partial charge in [0.2, 0.25) is 5.91 Å². The van der Waals surface area contributed by atoms with Gasteiger partial charge in [-0.1, -0.05) is 6.07 Å². The summed E-state index contributed by atoms with van der Waals surface area (Å²) < 4.78 is 16.1. The van der Waals surface area contributed by atoms with E-state index in [1.54, 1.807) is 7.11 Å². The molecule has 136 valence electrons. The van der Waals surface area contributed by atoms with Gasteiger partial charge in [-0.05, 0) is 37.5 Å². The molecule has 1 amide bonds. The lowest BCUT2D eigenvalue weighted by Crippen LogP contribution is -2.51. The number of ether oxygens (including phenoxy) is 3. The first-order valence-corrected chi connectivity index (χ1v) is 8.13. The van der Waals surface area contributed by atoms with Crippen LogP contribution in [-0.2, 0) is 16.0 Å². The molecule has 0 spiro atoms. The molecule has 1 aliphatic heterocycles. The lowest BCUT2D eigenvalue weighted by atomic mass is 10.1. The van der Waals surface area contributed by atoms with Crippen molar-refractivity contribution in [1.29, 1.82) is 0 Å². The highest BCUT2D eigenvalue weighted by Crippen LogP contribution is 2.28. The highest BCUT2D eigenvalue weighted by atomic mass is 35.5. The van der Waals surface area contributed by atoms with Crippen molar-refractivity contribution in [2.75, 3.05) is 40.0 Å². The molecular weight excluding hydrogens is 332 g/mol. The Labute approximate surface area is 149 Å². The fourth-order valence-corrected chi connectivity index (χ4v) is 2.51. The van der Waals surface area contributed by atoms with Gasteiger partial charge < -0.3 is 24.8 Å². The second kappa shape index (κ2) is 11.1. The van der Waals surface area contributed by atoms with Crippen LogP contribution in [0.3, 0.4) is 0 Å². The van der Waals surface area contributed by atoms with Crippen molar-refractivity contribution in [2.45, 2.75) is 25.8 Å². The number of methoxy groups -OCH3 is 1. The summed E-state index contributed by atoms with van der Waals surface area (Å²) in [5.74, 6) is 1.52. The molecule has 1 unspecified atom stereocenters. The molecular formula is C17H27ClN2O4. The summed E-state index contributed by atoms with van der Waals surface area (Å²) in [7, 11) is 1.63. The van der Waals surface area contributed by atoms with Crippen LogP contribution in [-0.4, -0.2) is 52.0 Å². The Morgan fingerprint density at radius 1 is 1.42 bits per heavy atom. The number of carbonyl (C=O) groups excluding carboxylic acids is 1. The Hall–Kier alpha value is -1.50. The molecule has 1 fully saturated rings. The molecule has 1 atom stereocenters. The lowest BCUT2D eigenvalue weighted by molar-refractivity contribution is -0.125. The van der Waals surface area contributed by atoms with Crippen LogP contribution < -0.4 is 20.1 Å². The highest BCUT2D eigenvalue weighted by Gasteiger charge is 2.20. The number of rotatable bonds is 8. The largest absolute Gasteiger partial charge is 0.493 e. The number of halogens is 1. The molecule has 1 heterocycles. The molecule has 0 aliphatic carbocycles. The van der Waals surface area contributed by atoms with Gasteiger partial charge in [-0.25, -0.2) is 0 Å². The number of aryl methyl sites for hydroxylation is 1. The van der Waals surface area contributed by atoms with Gasteiger partial charge in [0.1, 0.15) is 6.04 Å². The van der Waals surface area contributed by atoms with Gasteiger partial charge in [0, 0.05) is 13.1 Å². The average molecular weight is 359 g/mol. The molecule has 0 radical (unpaired) electrons. The van der Waals surface area contributed by atoms with Crippen molar-refractivity contribution < 1.29 is 19.0 Å². The standard InChI is InChI=1S/C17H26N2O4.ClH/c1-3-23-16-11-13(6-7-15(16)21-2)5-4-8-19-17(20)14-12-22-10-9-18-14;/h6-7,11,14,18H,3-5,8-10,12H2,1-2H3,(H,19,20);1H. The summed E-state index contributed by atoms with van der Waals surface area (Å²) in [5, 5.41) is 6.09. The average Bonchev–Trinajstić information content (AvgIpc) is 2.60. The minimum atomic E-state index is -0.228. The van der Waals surface area contributed by atoms with E-state index in [1.807, 2.05) is 25.1 Å². The molecule has 0 saturated carbocycles. The van der Waals surface area contributed by atoms with Crippen molar-refractivity contribution in [1.82, 2.24) is 10.6 Å². The van der Waals surface area contributed by atoms with Crippen LogP contribution in [0.5, 0.6) is 11.5 Å². The number of nitrogens with one attached hydrogen (secondary N) is 2. The molecule has 1 aliphatic rings. The third kappa shape index (κ3) is 6.19. The van der Waals surface area contributed by atoms with E-state index in [1.165, 1.54) is 5.56 Å². The molecule has 1 aromatic carbocycles. The van der Waals surface area contributed by atoms with E-state index in [2.05, 4.69) is 10.6 Å². The second-order valence-corrected chi connectivity index (χ2v) is 5.39. The Kier molecular flexibility index (Phi) is 9.52. The zero-order valence-electron chi connectivity index (χ0n) is 14.3. The van der Waals surface area contributed by atoms with Gasteiger partial charge >= 0.3 is 0 Å². The maximum Gasteiger partial charge on any atom is 0.239 e. The fraction of sp³-hybridized carbons (Fsp3) is 0.588. The number of hydrogen-bond donors (Lipinski definition) is 2. The molecule has 1 aromatic rings. The predicted molar refractivity (Wildman–Crippen MR) is 95.4 cm³/mol. The number of carbonyl (C=O) groups is 1. The summed E-state index contributed by atoms with van der Waals surface area (Å²) in [6.07, 6.45) is 1.75. The van der Waals surface area contributed by atoms with Crippen LogP contribution in [0.1, 0.15) is 18.9 Å². The molecule has 6 nitrogen and oxygen atoms in total. The van der Waals surface area contributed by atoms with Crippen LogP contribution in [0.25, 0.3) is 0 Å². The minimum Gasteiger partial charge on any atom is -0.493 e. The minimum absolute atomic E-state index is 0. The summed E-state index contributed by atoms with van der Waals surface area (Å²) in [6.45, 7) is 5.04. The third-order valence-corrected chi connectivity index (χ3v) is 3.71. The van der Waals surface area contributed by atoms with E-state index < -0.39 is 0 Å². The number of morpholine rings is 1. The first-order valence-electron chi connectivity index (χ1n) is 8.13. The van der Waals surface area contributed by atoms with Gasteiger partial charge in [0.25, 0.3) is 0 Å². The fourth-order valence-electron chi connectivity index (χ4n) is 2.51. The Morgan fingerprint density at radius 2 is 2.25 bits per heavy atom. The molecule has 0 aromatic heterocycles. The van der Waals surface area contributed by atoms with Gasteiger partial charge in [-0.2, -0.15) is 0 Å². The Bertz CT molecular complexity index is 507. The normalized spacial score (nSPS) is 16.8. The smallest absolute Gasteiger partial charge is 0.239 e. The van der Waals surface area contributed by atoms with Crippen molar-refractivity contribution >= 4 is 18.3 Å². The molecule has 1 saturated heterocycles. The molecule has 2 rings (SSSR count). The third-order valence-electron chi connectivity index (χ3n) is 3.71. The molecule has 2 N–H and O–H groups in total. The number of benzene rings is 1. The number of hydrogen-bond acceptors (Lipinski definition) is 5. The van der Waals surface area contributed by atoms with E-state index in [9.17, 15) is 4.79 Å². The maximum atomic E-state index is 11.9. The first kappa shape index (κ1) is 20.5. The SMILES string of the molecule is CCOc1cc(CCCNC(=O)C2COCCN2)ccc1OC.Cl. The lowest BCUT2D eigenvalue weighted by Gasteiger charge is -2.22. The van der Waals surface area contributed by atoms with Crippen molar-refractivity contribution in [3.63, 3.8) is 0 Å². The van der Waals surface area contributed by atoms with E-state index in [0.29, 0.717) is 26.4 Å². The molecule has 0 bridgehead atoms. The first-order chi connectivity index (χ1) is 11.2.